The largest absolute Gasteiger partial charge is 0.334 e. The lowest BCUT2D eigenvalue weighted by atomic mass is 9.92. The van der Waals surface area contributed by atoms with Gasteiger partial charge in [-0.2, -0.15) is 0 Å². The molecule has 1 aliphatic rings. The third kappa shape index (κ3) is 4.34. The molecule has 0 spiro atoms. The highest BCUT2D eigenvalue weighted by Gasteiger charge is 2.29. The van der Waals surface area contributed by atoms with Gasteiger partial charge < -0.3 is 10.2 Å². The molecule has 1 heterocycles. The predicted molar refractivity (Wildman–Crippen MR) is 93.3 cm³/mol. The summed E-state index contributed by atoms with van der Waals surface area (Å²) >= 11 is 0. The first-order valence-electron chi connectivity index (χ1n) is 8.61. The van der Waals surface area contributed by atoms with Gasteiger partial charge in [-0.3, -0.25) is 9.59 Å². The molecule has 1 saturated heterocycles. The molecule has 2 amide bonds. The van der Waals surface area contributed by atoms with Crippen LogP contribution in [0.3, 0.4) is 0 Å². The Morgan fingerprint density at radius 3 is 2.43 bits per heavy atom. The van der Waals surface area contributed by atoms with E-state index in [-0.39, 0.29) is 0 Å². The highest BCUT2D eigenvalue weighted by molar-refractivity contribution is 6.39. The number of nitrogens with one attached hydrogen (secondary N) is 1. The molecular formula is C19H28N2O2. The van der Waals surface area contributed by atoms with Crippen molar-refractivity contribution in [2.24, 2.45) is 11.8 Å². The van der Waals surface area contributed by atoms with E-state index in [9.17, 15) is 9.59 Å². The predicted octanol–water partition coefficient (Wildman–Crippen LogP) is 3.64. The lowest BCUT2D eigenvalue weighted by molar-refractivity contribution is -0.144. The molecule has 1 N–H and O–H groups in total. The second-order valence-electron chi connectivity index (χ2n) is 7.01. The average Bonchev–Trinajstić information content (AvgIpc) is 2.53. The Hall–Kier alpha value is -1.84. The van der Waals surface area contributed by atoms with Gasteiger partial charge in [0.25, 0.3) is 0 Å². The van der Waals surface area contributed by atoms with Crippen molar-refractivity contribution in [3.05, 3.63) is 29.8 Å². The van der Waals surface area contributed by atoms with Gasteiger partial charge in [-0.25, -0.2) is 0 Å². The van der Waals surface area contributed by atoms with Crippen LogP contribution in [-0.4, -0.2) is 29.8 Å². The lowest BCUT2D eigenvalue weighted by Gasteiger charge is -2.34. The topological polar surface area (TPSA) is 49.4 Å². The minimum atomic E-state index is -0.526. The molecule has 1 aromatic rings. The molecule has 1 fully saturated rings. The van der Waals surface area contributed by atoms with Crippen molar-refractivity contribution in [2.45, 2.75) is 46.5 Å². The summed E-state index contributed by atoms with van der Waals surface area (Å²) in [6.45, 7) is 9.84. The SMILES string of the molecule is CCC(C)c1ccccc1NC(=O)C(=O)N1CC(C)CC(C)C1. The van der Waals surface area contributed by atoms with E-state index in [1.54, 1.807) is 4.90 Å². The fourth-order valence-electron chi connectivity index (χ4n) is 3.41. The van der Waals surface area contributed by atoms with Gasteiger partial charge >= 0.3 is 11.8 Å². The summed E-state index contributed by atoms with van der Waals surface area (Å²) in [6, 6.07) is 7.73. The maximum Gasteiger partial charge on any atom is 0.313 e. The first kappa shape index (κ1) is 17.5. The van der Waals surface area contributed by atoms with Crippen molar-refractivity contribution >= 4 is 17.5 Å². The average molecular weight is 316 g/mol. The van der Waals surface area contributed by atoms with E-state index in [4.69, 9.17) is 0 Å². The number of carbonyl (C=O) groups excluding carboxylic acids is 2. The number of amides is 2. The summed E-state index contributed by atoms with van der Waals surface area (Å²) < 4.78 is 0. The zero-order chi connectivity index (χ0) is 17.0. The molecule has 23 heavy (non-hydrogen) atoms. The maximum absolute atomic E-state index is 12.5. The summed E-state index contributed by atoms with van der Waals surface area (Å²) in [5, 5.41) is 2.82. The Balaban J connectivity index is 2.08. The van der Waals surface area contributed by atoms with Crippen LogP contribution >= 0.6 is 0 Å². The monoisotopic (exact) mass is 316 g/mol. The van der Waals surface area contributed by atoms with Gasteiger partial charge in [0.05, 0.1) is 0 Å². The highest BCUT2D eigenvalue weighted by Crippen LogP contribution is 2.27. The van der Waals surface area contributed by atoms with Gasteiger partial charge in [-0.1, -0.05) is 45.9 Å². The van der Waals surface area contributed by atoms with E-state index in [2.05, 4.69) is 33.0 Å². The van der Waals surface area contributed by atoms with E-state index in [1.807, 2.05) is 24.3 Å². The van der Waals surface area contributed by atoms with Crippen molar-refractivity contribution < 1.29 is 9.59 Å². The molecular weight excluding hydrogens is 288 g/mol. The molecule has 3 atom stereocenters. The van der Waals surface area contributed by atoms with Crippen molar-refractivity contribution in [3.8, 4) is 0 Å². The summed E-state index contributed by atoms with van der Waals surface area (Å²) in [6.07, 6.45) is 2.10. The van der Waals surface area contributed by atoms with Crippen molar-refractivity contribution in [1.82, 2.24) is 4.90 Å². The Bertz CT molecular complexity index is 560. The van der Waals surface area contributed by atoms with Gasteiger partial charge in [0.1, 0.15) is 0 Å². The molecule has 1 aliphatic heterocycles. The second kappa shape index (κ2) is 7.62. The zero-order valence-electron chi connectivity index (χ0n) is 14.6. The van der Waals surface area contributed by atoms with Crippen LogP contribution in [-0.2, 0) is 9.59 Å². The molecule has 0 aromatic heterocycles. The Kier molecular flexibility index (Phi) is 5.80. The van der Waals surface area contributed by atoms with E-state index >= 15 is 0 Å². The van der Waals surface area contributed by atoms with Crippen molar-refractivity contribution in [1.29, 1.82) is 0 Å². The molecule has 2 rings (SSSR count). The van der Waals surface area contributed by atoms with E-state index < -0.39 is 11.8 Å². The third-order valence-corrected chi connectivity index (χ3v) is 4.70. The number of rotatable bonds is 3. The number of hydrogen-bond donors (Lipinski definition) is 1. The Morgan fingerprint density at radius 1 is 1.22 bits per heavy atom. The minimum absolute atomic E-state index is 0.344. The molecule has 0 bridgehead atoms. The number of nitrogens with zero attached hydrogens (tertiary/aromatic N) is 1. The van der Waals surface area contributed by atoms with Crippen LogP contribution in [0.25, 0.3) is 0 Å². The summed E-state index contributed by atoms with van der Waals surface area (Å²) in [5.41, 5.74) is 1.83. The highest BCUT2D eigenvalue weighted by atomic mass is 16.2. The molecule has 0 aliphatic carbocycles. The summed E-state index contributed by atoms with van der Waals surface area (Å²) in [4.78, 5) is 26.5. The number of para-hydroxylation sites is 1. The fraction of sp³-hybridized carbons (Fsp3) is 0.579. The van der Waals surface area contributed by atoms with Crippen LogP contribution in [0, 0.1) is 11.8 Å². The first-order valence-corrected chi connectivity index (χ1v) is 8.61. The van der Waals surface area contributed by atoms with Gasteiger partial charge in [0.15, 0.2) is 0 Å². The molecule has 3 unspecified atom stereocenters. The Morgan fingerprint density at radius 2 is 1.83 bits per heavy atom. The number of benzene rings is 1. The minimum Gasteiger partial charge on any atom is -0.334 e. The van der Waals surface area contributed by atoms with Gasteiger partial charge in [-0.15, -0.1) is 0 Å². The smallest absolute Gasteiger partial charge is 0.313 e. The van der Waals surface area contributed by atoms with E-state index in [0.29, 0.717) is 30.8 Å². The number of piperidine rings is 1. The zero-order valence-corrected chi connectivity index (χ0v) is 14.6. The van der Waals surface area contributed by atoms with Gasteiger partial charge in [-0.05, 0) is 42.2 Å². The molecule has 4 nitrogen and oxygen atoms in total. The summed E-state index contributed by atoms with van der Waals surface area (Å²) in [5.74, 6) is 0.298. The van der Waals surface area contributed by atoms with Crippen LogP contribution < -0.4 is 5.32 Å². The van der Waals surface area contributed by atoms with Crippen LogP contribution in [0.15, 0.2) is 24.3 Å². The maximum atomic E-state index is 12.5. The number of carbonyl (C=O) groups is 2. The van der Waals surface area contributed by atoms with Gasteiger partial charge in [0.2, 0.25) is 0 Å². The van der Waals surface area contributed by atoms with Crippen LogP contribution in [0.2, 0.25) is 0 Å². The third-order valence-electron chi connectivity index (χ3n) is 4.70. The quantitative estimate of drug-likeness (QED) is 0.866. The lowest BCUT2D eigenvalue weighted by Crippen LogP contribution is -2.47. The molecule has 126 valence electrons. The molecule has 1 aromatic carbocycles. The van der Waals surface area contributed by atoms with Crippen LogP contribution in [0.5, 0.6) is 0 Å². The van der Waals surface area contributed by atoms with E-state index in [0.717, 1.165) is 24.1 Å². The molecule has 4 heteroatoms. The summed E-state index contributed by atoms with van der Waals surface area (Å²) in [7, 11) is 0. The standard InChI is InChI=1S/C19H28N2O2/c1-5-15(4)16-8-6-7-9-17(16)20-18(22)19(23)21-11-13(2)10-14(3)12-21/h6-9,13-15H,5,10-12H2,1-4H3,(H,20,22). The van der Waals surface area contributed by atoms with Crippen LogP contribution in [0.4, 0.5) is 5.69 Å². The number of likely N-dealkylation sites (tertiary alicyclic amines) is 1. The molecule has 0 radical (unpaired) electrons. The van der Waals surface area contributed by atoms with E-state index in [1.165, 1.54) is 0 Å². The molecule has 0 saturated carbocycles. The van der Waals surface area contributed by atoms with Crippen LogP contribution in [0.1, 0.15) is 52.0 Å². The van der Waals surface area contributed by atoms with Crippen molar-refractivity contribution in [2.75, 3.05) is 18.4 Å². The van der Waals surface area contributed by atoms with Crippen molar-refractivity contribution in [3.63, 3.8) is 0 Å². The first-order chi connectivity index (χ1) is 10.9. The van der Waals surface area contributed by atoms with Gasteiger partial charge in [0, 0.05) is 18.8 Å². The Labute approximate surface area is 139 Å². The fourth-order valence-corrected chi connectivity index (χ4v) is 3.41. The number of anilines is 1. The number of hydrogen-bond acceptors (Lipinski definition) is 2. The second-order valence-corrected chi connectivity index (χ2v) is 7.01. The normalized spacial score (nSPS) is 22.5.